The molecule has 4 nitrogen and oxygen atoms in total. The molecule has 0 saturated heterocycles. The van der Waals surface area contributed by atoms with Gasteiger partial charge in [-0.2, -0.15) is 0 Å². The van der Waals surface area contributed by atoms with Crippen LogP contribution in [0.3, 0.4) is 0 Å². The summed E-state index contributed by atoms with van der Waals surface area (Å²) >= 11 is 3.35. The summed E-state index contributed by atoms with van der Waals surface area (Å²) in [6, 6.07) is 11.8. The molecule has 3 rings (SSSR count). The lowest BCUT2D eigenvalue weighted by Gasteiger charge is -2.06. The van der Waals surface area contributed by atoms with Gasteiger partial charge in [0.1, 0.15) is 11.5 Å². The zero-order valence-electron chi connectivity index (χ0n) is 12.0. The normalized spacial score (nSPS) is 11.0. The molecule has 0 aliphatic heterocycles. The molecule has 118 valence electrons. The summed E-state index contributed by atoms with van der Waals surface area (Å²) in [6.45, 7) is 0.159. The Balaban J connectivity index is 1.85. The predicted octanol–water partition coefficient (Wildman–Crippen LogP) is 4.48. The van der Waals surface area contributed by atoms with Crippen molar-refractivity contribution in [3.05, 3.63) is 69.6 Å². The molecule has 0 aliphatic carbocycles. The first kappa shape index (κ1) is 15.7. The van der Waals surface area contributed by atoms with Crippen LogP contribution < -0.4 is 0 Å². The highest BCUT2D eigenvalue weighted by Gasteiger charge is 2.17. The quantitative estimate of drug-likeness (QED) is 0.688. The van der Waals surface area contributed by atoms with Crippen molar-refractivity contribution in [1.29, 1.82) is 0 Å². The maximum atomic E-state index is 13.6. The van der Waals surface area contributed by atoms with E-state index in [1.807, 2.05) is 18.2 Å². The standard InChI is InChI=1S/C17H13BrFNO3/c18-11-5-6-12-13(16(17(21)22)20-15(12)7-11)9-23-8-10-3-1-2-4-14(10)19/h1-7,20H,8-9H2,(H,21,22). The van der Waals surface area contributed by atoms with Crippen LogP contribution in [-0.2, 0) is 18.0 Å². The van der Waals surface area contributed by atoms with Gasteiger partial charge in [0.2, 0.25) is 0 Å². The summed E-state index contributed by atoms with van der Waals surface area (Å²) in [6.07, 6.45) is 0. The molecule has 0 spiro atoms. The molecule has 0 unspecified atom stereocenters. The molecule has 0 atom stereocenters. The Labute approximate surface area is 140 Å². The molecule has 3 aromatic rings. The van der Waals surface area contributed by atoms with Gasteiger partial charge < -0.3 is 14.8 Å². The van der Waals surface area contributed by atoms with Crippen molar-refractivity contribution in [2.45, 2.75) is 13.2 Å². The van der Waals surface area contributed by atoms with E-state index >= 15 is 0 Å². The third kappa shape index (κ3) is 3.28. The minimum atomic E-state index is -1.05. The monoisotopic (exact) mass is 377 g/mol. The molecule has 0 fully saturated rings. The first-order valence-electron chi connectivity index (χ1n) is 6.91. The number of halogens is 2. The molecule has 0 amide bonds. The van der Waals surface area contributed by atoms with Crippen LogP contribution in [0.5, 0.6) is 0 Å². The molecule has 1 heterocycles. The van der Waals surface area contributed by atoms with Crippen LogP contribution >= 0.6 is 15.9 Å². The number of aromatic amines is 1. The van der Waals surface area contributed by atoms with Crippen LogP contribution in [0.1, 0.15) is 21.6 Å². The van der Waals surface area contributed by atoms with Crippen LogP contribution in [0.25, 0.3) is 10.9 Å². The molecule has 0 radical (unpaired) electrons. The number of hydrogen-bond acceptors (Lipinski definition) is 2. The number of ether oxygens (including phenoxy) is 1. The molecule has 0 bridgehead atoms. The number of carboxylic acid groups (broad SMARTS) is 1. The zero-order chi connectivity index (χ0) is 16.4. The highest BCUT2D eigenvalue weighted by molar-refractivity contribution is 9.10. The summed E-state index contributed by atoms with van der Waals surface area (Å²) < 4.78 is 20.0. The predicted molar refractivity (Wildman–Crippen MR) is 87.9 cm³/mol. The fourth-order valence-corrected chi connectivity index (χ4v) is 2.80. The number of carboxylic acids is 1. The van der Waals surface area contributed by atoms with Crippen molar-refractivity contribution in [1.82, 2.24) is 4.98 Å². The number of hydrogen-bond donors (Lipinski definition) is 2. The number of aromatic nitrogens is 1. The SMILES string of the molecule is O=C(O)c1[nH]c2cc(Br)ccc2c1COCc1ccccc1F. The minimum absolute atomic E-state index is 0.0783. The molecule has 1 aromatic heterocycles. The molecular formula is C17H13BrFNO3. The minimum Gasteiger partial charge on any atom is -0.477 e. The van der Waals surface area contributed by atoms with Gasteiger partial charge in [-0.15, -0.1) is 0 Å². The number of fused-ring (bicyclic) bond motifs is 1. The smallest absolute Gasteiger partial charge is 0.352 e. The summed E-state index contributed by atoms with van der Waals surface area (Å²) in [4.78, 5) is 14.3. The Morgan fingerprint density at radius 3 is 2.74 bits per heavy atom. The zero-order valence-corrected chi connectivity index (χ0v) is 13.6. The van der Waals surface area contributed by atoms with E-state index in [9.17, 15) is 14.3 Å². The van der Waals surface area contributed by atoms with E-state index in [2.05, 4.69) is 20.9 Å². The van der Waals surface area contributed by atoms with Crippen LogP contribution in [0.4, 0.5) is 4.39 Å². The fraction of sp³-hybridized carbons (Fsp3) is 0.118. The van der Waals surface area contributed by atoms with Gasteiger partial charge in [0.15, 0.2) is 0 Å². The van der Waals surface area contributed by atoms with Gasteiger partial charge in [0.25, 0.3) is 0 Å². The molecule has 0 saturated carbocycles. The lowest BCUT2D eigenvalue weighted by Crippen LogP contribution is -2.03. The van der Waals surface area contributed by atoms with Crippen molar-refractivity contribution in [3.8, 4) is 0 Å². The van der Waals surface area contributed by atoms with E-state index in [0.717, 1.165) is 9.86 Å². The van der Waals surface area contributed by atoms with Gasteiger partial charge in [-0.1, -0.05) is 40.2 Å². The number of rotatable bonds is 5. The van der Waals surface area contributed by atoms with Crippen molar-refractivity contribution in [2.24, 2.45) is 0 Å². The van der Waals surface area contributed by atoms with E-state index in [4.69, 9.17) is 4.74 Å². The van der Waals surface area contributed by atoms with Crippen molar-refractivity contribution < 1.29 is 19.0 Å². The van der Waals surface area contributed by atoms with Gasteiger partial charge in [-0.25, -0.2) is 9.18 Å². The molecule has 0 aliphatic rings. The highest BCUT2D eigenvalue weighted by atomic mass is 79.9. The molecule has 2 aromatic carbocycles. The highest BCUT2D eigenvalue weighted by Crippen LogP contribution is 2.26. The topological polar surface area (TPSA) is 62.3 Å². The first-order valence-corrected chi connectivity index (χ1v) is 7.70. The summed E-state index contributed by atoms with van der Waals surface area (Å²) in [5.41, 5.74) is 1.79. The summed E-state index contributed by atoms with van der Waals surface area (Å²) in [5.74, 6) is -1.39. The Morgan fingerprint density at radius 1 is 1.22 bits per heavy atom. The van der Waals surface area contributed by atoms with Crippen molar-refractivity contribution >= 4 is 32.8 Å². The Hall–Kier alpha value is -2.18. The van der Waals surface area contributed by atoms with Crippen LogP contribution in [-0.4, -0.2) is 16.1 Å². The number of nitrogens with one attached hydrogen (secondary N) is 1. The van der Waals surface area contributed by atoms with Crippen LogP contribution in [0, 0.1) is 5.82 Å². The van der Waals surface area contributed by atoms with Gasteiger partial charge in [0.05, 0.1) is 13.2 Å². The van der Waals surface area contributed by atoms with Gasteiger partial charge in [-0.3, -0.25) is 0 Å². The van der Waals surface area contributed by atoms with Gasteiger partial charge >= 0.3 is 5.97 Å². The second kappa shape index (κ2) is 6.52. The Kier molecular flexibility index (Phi) is 4.45. The first-order chi connectivity index (χ1) is 11.1. The average Bonchev–Trinajstić information content (AvgIpc) is 2.87. The van der Waals surface area contributed by atoms with Crippen LogP contribution in [0.15, 0.2) is 46.9 Å². The largest absolute Gasteiger partial charge is 0.477 e. The number of benzene rings is 2. The van der Waals surface area contributed by atoms with Crippen LogP contribution in [0.2, 0.25) is 0 Å². The van der Waals surface area contributed by atoms with Crippen molar-refractivity contribution in [3.63, 3.8) is 0 Å². The number of H-pyrrole nitrogens is 1. The molecule has 2 N–H and O–H groups in total. The summed E-state index contributed by atoms with van der Waals surface area (Å²) in [7, 11) is 0. The third-order valence-electron chi connectivity index (χ3n) is 3.54. The van der Waals surface area contributed by atoms with E-state index in [-0.39, 0.29) is 24.7 Å². The number of aromatic carboxylic acids is 1. The lowest BCUT2D eigenvalue weighted by molar-refractivity contribution is 0.0678. The lowest BCUT2D eigenvalue weighted by atomic mass is 10.1. The van der Waals surface area contributed by atoms with E-state index in [1.54, 1.807) is 18.2 Å². The second-order valence-electron chi connectivity index (χ2n) is 5.06. The van der Waals surface area contributed by atoms with Crippen molar-refractivity contribution in [2.75, 3.05) is 0 Å². The summed E-state index contributed by atoms with van der Waals surface area (Å²) in [5, 5.41) is 10.1. The fourth-order valence-electron chi connectivity index (χ4n) is 2.44. The third-order valence-corrected chi connectivity index (χ3v) is 4.04. The maximum absolute atomic E-state index is 13.6. The molecule has 23 heavy (non-hydrogen) atoms. The Bertz CT molecular complexity index is 875. The number of carbonyl (C=O) groups is 1. The average molecular weight is 378 g/mol. The van der Waals surface area contributed by atoms with E-state index in [0.29, 0.717) is 16.6 Å². The molecule has 6 heteroatoms. The van der Waals surface area contributed by atoms with Gasteiger partial charge in [0, 0.05) is 26.5 Å². The Morgan fingerprint density at radius 2 is 2.00 bits per heavy atom. The molecular weight excluding hydrogens is 365 g/mol. The van der Waals surface area contributed by atoms with E-state index < -0.39 is 5.97 Å². The van der Waals surface area contributed by atoms with Gasteiger partial charge in [-0.05, 0) is 18.2 Å². The van der Waals surface area contributed by atoms with E-state index in [1.165, 1.54) is 6.07 Å². The second-order valence-corrected chi connectivity index (χ2v) is 5.97. The maximum Gasteiger partial charge on any atom is 0.352 e.